The molecule has 0 aliphatic carbocycles. The fourth-order valence-corrected chi connectivity index (χ4v) is 1.31. The van der Waals surface area contributed by atoms with Gasteiger partial charge in [-0.15, -0.1) is 0 Å². The van der Waals surface area contributed by atoms with Gasteiger partial charge in [0, 0.05) is 19.9 Å². The highest BCUT2D eigenvalue weighted by molar-refractivity contribution is 5.73. The molecule has 17 heavy (non-hydrogen) atoms. The molecule has 0 saturated carbocycles. The number of hydrogen-bond donors (Lipinski definition) is 2. The Kier molecular flexibility index (Phi) is 4.51. The van der Waals surface area contributed by atoms with Gasteiger partial charge in [0.15, 0.2) is 0 Å². The molecule has 0 aliphatic rings. The molecule has 0 aliphatic heterocycles. The maximum absolute atomic E-state index is 10.7. The third kappa shape index (κ3) is 4.86. The van der Waals surface area contributed by atoms with Crippen LogP contribution in [0.2, 0.25) is 0 Å². The largest absolute Gasteiger partial charge is 0.382 e. The third-order valence-electron chi connectivity index (χ3n) is 2.56. The number of anilines is 1. The van der Waals surface area contributed by atoms with Crippen LogP contribution in [0.4, 0.5) is 5.69 Å². The predicted octanol–water partition coefficient (Wildman–Crippen LogP) is 0.595. The zero-order chi connectivity index (χ0) is 12.9. The summed E-state index contributed by atoms with van der Waals surface area (Å²) in [4.78, 5) is 10.7. The van der Waals surface area contributed by atoms with Gasteiger partial charge in [-0.25, -0.2) is 0 Å². The molecular weight excluding hydrogens is 220 g/mol. The average molecular weight is 240 g/mol. The highest BCUT2D eigenvalue weighted by Gasteiger charge is 2.15. The number of primary amides is 1. The molecule has 3 N–H and O–H groups in total. The Bertz CT molecular complexity index is 373. The highest BCUT2D eigenvalue weighted by atomic mass is 16.5. The molecule has 0 aromatic carbocycles. The standard InChI is InChI=1S/C11H20N4O2/c1-11(2,17-3)4-5-13-9-6-14-15(7-9)8-10(12)16/h6-7,13H,4-5,8H2,1-3H3,(H2,12,16). The van der Waals surface area contributed by atoms with E-state index in [0.29, 0.717) is 0 Å². The van der Waals surface area contributed by atoms with Crippen LogP contribution in [0.25, 0.3) is 0 Å². The van der Waals surface area contributed by atoms with E-state index in [9.17, 15) is 4.79 Å². The summed E-state index contributed by atoms with van der Waals surface area (Å²) in [5.74, 6) is -0.403. The Labute approximate surface area is 101 Å². The molecule has 0 saturated heterocycles. The third-order valence-corrected chi connectivity index (χ3v) is 2.56. The average Bonchev–Trinajstić information content (AvgIpc) is 2.64. The Hall–Kier alpha value is -1.56. The summed E-state index contributed by atoms with van der Waals surface area (Å²) in [7, 11) is 1.70. The van der Waals surface area contributed by atoms with Crippen LogP contribution in [-0.4, -0.2) is 34.9 Å². The van der Waals surface area contributed by atoms with E-state index in [1.165, 1.54) is 4.68 Å². The van der Waals surface area contributed by atoms with E-state index in [4.69, 9.17) is 10.5 Å². The summed E-state index contributed by atoms with van der Waals surface area (Å²) in [5, 5.41) is 7.23. The van der Waals surface area contributed by atoms with Crippen LogP contribution in [0.15, 0.2) is 12.4 Å². The molecule has 1 amide bonds. The summed E-state index contributed by atoms with van der Waals surface area (Å²) in [6, 6.07) is 0. The summed E-state index contributed by atoms with van der Waals surface area (Å²) in [6.45, 7) is 4.95. The highest BCUT2D eigenvalue weighted by Crippen LogP contribution is 2.13. The first-order chi connectivity index (χ1) is 7.93. The van der Waals surface area contributed by atoms with Crippen molar-refractivity contribution < 1.29 is 9.53 Å². The molecule has 1 aromatic heterocycles. The van der Waals surface area contributed by atoms with Gasteiger partial charge in [-0.05, 0) is 20.3 Å². The van der Waals surface area contributed by atoms with Crippen LogP contribution in [0, 0.1) is 0 Å². The number of ether oxygens (including phenoxy) is 1. The quantitative estimate of drug-likeness (QED) is 0.731. The summed E-state index contributed by atoms with van der Waals surface area (Å²) >= 11 is 0. The van der Waals surface area contributed by atoms with E-state index in [0.717, 1.165) is 18.7 Å². The summed E-state index contributed by atoms with van der Waals surface area (Å²) in [5.41, 5.74) is 5.80. The number of aromatic nitrogens is 2. The van der Waals surface area contributed by atoms with E-state index in [1.807, 2.05) is 13.8 Å². The van der Waals surface area contributed by atoms with Crippen LogP contribution in [0.1, 0.15) is 20.3 Å². The van der Waals surface area contributed by atoms with Crippen molar-refractivity contribution in [2.75, 3.05) is 19.0 Å². The molecule has 0 unspecified atom stereocenters. The second-order valence-electron chi connectivity index (χ2n) is 4.53. The monoisotopic (exact) mass is 240 g/mol. The lowest BCUT2D eigenvalue weighted by atomic mass is 10.1. The number of carbonyl (C=O) groups excluding carboxylic acids is 1. The van der Waals surface area contributed by atoms with E-state index in [1.54, 1.807) is 19.5 Å². The Morgan fingerprint density at radius 1 is 1.65 bits per heavy atom. The molecule has 1 heterocycles. The maximum atomic E-state index is 10.7. The minimum absolute atomic E-state index is 0.102. The zero-order valence-electron chi connectivity index (χ0n) is 10.6. The van der Waals surface area contributed by atoms with Crippen molar-refractivity contribution in [1.82, 2.24) is 9.78 Å². The molecule has 96 valence electrons. The molecule has 0 fully saturated rings. The van der Waals surface area contributed by atoms with Gasteiger partial charge in [0.2, 0.25) is 5.91 Å². The van der Waals surface area contributed by atoms with Crippen LogP contribution >= 0.6 is 0 Å². The van der Waals surface area contributed by atoms with Gasteiger partial charge in [-0.1, -0.05) is 0 Å². The first kappa shape index (κ1) is 13.5. The van der Waals surface area contributed by atoms with E-state index in [2.05, 4.69) is 10.4 Å². The molecular formula is C11H20N4O2. The Balaban J connectivity index is 2.37. The molecule has 6 nitrogen and oxygen atoms in total. The van der Waals surface area contributed by atoms with Crippen molar-refractivity contribution in [3.8, 4) is 0 Å². The number of rotatable bonds is 7. The fraction of sp³-hybridized carbons (Fsp3) is 0.636. The molecule has 0 spiro atoms. The number of methoxy groups -OCH3 is 1. The number of carbonyl (C=O) groups is 1. The molecule has 6 heteroatoms. The van der Waals surface area contributed by atoms with Crippen molar-refractivity contribution in [2.45, 2.75) is 32.4 Å². The second kappa shape index (κ2) is 5.67. The van der Waals surface area contributed by atoms with Crippen molar-refractivity contribution in [1.29, 1.82) is 0 Å². The lowest BCUT2D eigenvalue weighted by Crippen LogP contribution is -2.25. The lowest BCUT2D eigenvalue weighted by molar-refractivity contribution is -0.118. The number of nitrogens with zero attached hydrogens (tertiary/aromatic N) is 2. The van der Waals surface area contributed by atoms with Crippen molar-refractivity contribution >= 4 is 11.6 Å². The van der Waals surface area contributed by atoms with E-state index in [-0.39, 0.29) is 12.1 Å². The zero-order valence-corrected chi connectivity index (χ0v) is 10.6. The SMILES string of the molecule is COC(C)(C)CCNc1cnn(CC(N)=O)c1. The van der Waals surface area contributed by atoms with Crippen molar-refractivity contribution in [3.05, 3.63) is 12.4 Å². The minimum Gasteiger partial charge on any atom is -0.382 e. The van der Waals surface area contributed by atoms with Crippen LogP contribution in [0.3, 0.4) is 0 Å². The van der Waals surface area contributed by atoms with Gasteiger partial charge in [0.25, 0.3) is 0 Å². The normalized spacial score (nSPS) is 11.5. The van der Waals surface area contributed by atoms with Gasteiger partial charge < -0.3 is 15.8 Å². The van der Waals surface area contributed by atoms with Crippen LogP contribution in [0.5, 0.6) is 0 Å². The fourth-order valence-electron chi connectivity index (χ4n) is 1.31. The van der Waals surface area contributed by atoms with E-state index < -0.39 is 5.91 Å². The molecule has 1 rings (SSSR count). The van der Waals surface area contributed by atoms with Gasteiger partial charge >= 0.3 is 0 Å². The maximum Gasteiger partial charge on any atom is 0.239 e. The smallest absolute Gasteiger partial charge is 0.239 e. The first-order valence-electron chi connectivity index (χ1n) is 5.53. The molecule has 0 bridgehead atoms. The number of amides is 1. The van der Waals surface area contributed by atoms with Gasteiger partial charge in [-0.3, -0.25) is 9.48 Å². The van der Waals surface area contributed by atoms with Gasteiger partial charge in [-0.2, -0.15) is 5.10 Å². The second-order valence-corrected chi connectivity index (χ2v) is 4.53. The van der Waals surface area contributed by atoms with E-state index >= 15 is 0 Å². The van der Waals surface area contributed by atoms with Gasteiger partial charge in [0.05, 0.1) is 17.5 Å². The molecule has 1 aromatic rings. The lowest BCUT2D eigenvalue weighted by Gasteiger charge is -2.22. The van der Waals surface area contributed by atoms with Gasteiger partial charge in [0.1, 0.15) is 6.54 Å². The molecule has 0 atom stereocenters. The van der Waals surface area contributed by atoms with Crippen LogP contribution < -0.4 is 11.1 Å². The first-order valence-corrected chi connectivity index (χ1v) is 5.53. The summed E-state index contributed by atoms with van der Waals surface area (Å²) in [6.07, 6.45) is 4.30. The number of hydrogen-bond acceptors (Lipinski definition) is 4. The minimum atomic E-state index is -0.403. The number of nitrogens with two attached hydrogens (primary N) is 1. The van der Waals surface area contributed by atoms with Crippen molar-refractivity contribution in [3.63, 3.8) is 0 Å². The van der Waals surface area contributed by atoms with Crippen molar-refractivity contribution in [2.24, 2.45) is 5.73 Å². The number of nitrogens with one attached hydrogen (secondary N) is 1. The summed E-state index contributed by atoms with van der Waals surface area (Å²) < 4.78 is 6.82. The Morgan fingerprint density at radius 3 is 2.94 bits per heavy atom. The Morgan fingerprint density at radius 2 is 2.35 bits per heavy atom. The topological polar surface area (TPSA) is 82.2 Å². The molecule has 0 radical (unpaired) electrons. The predicted molar refractivity (Wildman–Crippen MR) is 65.6 cm³/mol. The van der Waals surface area contributed by atoms with Crippen LogP contribution in [-0.2, 0) is 16.1 Å².